The molecule has 0 aliphatic carbocycles. The molecule has 1 aliphatic rings. The van der Waals surface area contributed by atoms with Gasteiger partial charge in [0.05, 0.1) is 30.9 Å². The smallest absolute Gasteiger partial charge is 0.252 e. The Balaban J connectivity index is 1.88. The van der Waals surface area contributed by atoms with Gasteiger partial charge in [0, 0.05) is 17.0 Å². The second kappa shape index (κ2) is 7.98. The summed E-state index contributed by atoms with van der Waals surface area (Å²) in [6, 6.07) is 7.71. The third-order valence-corrected chi connectivity index (χ3v) is 6.15. The van der Waals surface area contributed by atoms with Gasteiger partial charge in [-0.3, -0.25) is 4.79 Å². The largest absolute Gasteiger partial charge is 0.493 e. The molecule has 1 amide bonds. The molecule has 0 fully saturated rings. The van der Waals surface area contributed by atoms with Crippen molar-refractivity contribution >= 4 is 23.5 Å². The average molecular weight is 426 g/mol. The van der Waals surface area contributed by atoms with Crippen LogP contribution in [0.1, 0.15) is 33.5 Å². The van der Waals surface area contributed by atoms with Gasteiger partial charge in [0.15, 0.2) is 11.5 Å². The van der Waals surface area contributed by atoms with Gasteiger partial charge in [-0.1, -0.05) is 6.07 Å². The Labute approximate surface area is 179 Å². The molecule has 0 spiro atoms. The molecule has 3 heterocycles. The van der Waals surface area contributed by atoms with Gasteiger partial charge in [-0.05, 0) is 44.5 Å². The SMILES string of the molecule is COc1ccc([C@H]2SCC(=O)Nc3c2c(C)nn3-c2nc(C)cc(C)n2)cc1OC. The Hall–Kier alpha value is -3.07. The molecular formula is C21H23N5O3S. The Morgan fingerprint density at radius 1 is 1.07 bits per heavy atom. The monoisotopic (exact) mass is 425 g/mol. The van der Waals surface area contributed by atoms with Crippen molar-refractivity contribution in [2.75, 3.05) is 25.3 Å². The van der Waals surface area contributed by atoms with E-state index in [9.17, 15) is 4.79 Å². The number of ether oxygens (including phenoxy) is 2. The summed E-state index contributed by atoms with van der Waals surface area (Å²) in [6.07, 6.45) is 0. The summed E-state index contributed by atoms with van der Waals surface area (Å²) in [4.78, 5) is 21.6. The highest BCUT2D eigenvalue weighted by atomic mass is 32.2. The van der Waals surface area contributed by atoms with Crippen LogP contribution in [0.15, 0.2) is 24.3 Å². The first-order valence-corrected chi connectivity index (χ1v) is 10.5. The van der Waals surface area contributed by atoms with Gasteiger partial charge in [0.2, 0.25) is 5.91 Å². The highest BCUT2D eigenvalue weighted by Gasteiger charge is 2.31. The zero-order valence-corrected chi connectivity index (χ0v) is 18.3. The van der Waals surface area contributed by atoms with Crippen LogP contribution in [-0.2, 0) is 4.79 Å². The number of carbonyl (C=O) groups excluding carboxylic acids is 1. The minimum atomic E-state index is -0.113. The van der Waals surface area contributed by atoms with Crippen LogP contribution in [-0.4, -0.2) is 45.6 Å². The number of rotatable bonds is 4. The van der Waals surface area contributed by atoms with E-state index in [2.05, 4.69) is 20.4 Å². The van der Waals surface area contributed by atoms with Crippen LogP contribution in [0.2, 0.25) is 0 Å². The van der Waals surface area contributed by atoms with Crippen LogP contribution in [0.5, 0.6) is 11.5 Å². The third kappa shape index (κ3) is 3.60. The maximum Gasteiger partial charge on any atom is 0.252 e. The van der Waals surface area contributed by atoms with Gasteiger partial charge in [0.1, 0.15) is 5.82 Å². The quantitative estimate of drug-likeness (QED) is 0.685. The van der Waals surface area contributed by atoms with Gasteiger partial charge in [-0.2, -0.15) is 9.78 Å². The predicted octanol–water partition coefficient (Wildman–Crippen LogP) is 3.38. The number of aryl methyl sites for hydroxylation is 3. The number of hydrogen-bond donors (Lipinski definition) is 1. The van der Waals surface area contributed by atoms with E-state index in [0.29, 0.717) is 29.0 Å². The molecule has 9 heteroatoms. The van der Waals surface area contributed by atoms with Crippen LogP contribution in [0, 0.1) is 20.8 Å². The maximum atomic E-state index is 12.5. The fraction of sp³-hybridized carbons (Fsp3) is 0.333. The normalized spacial score (nSPS) is 15.9. The summed E-state index contributed by atoms with van der Waals surface area (Å²) in [6.45, 7) is 5.76. The molecular weight excluding hydrogens is 402 g/mol. The first-order chi connectivity index (χ1) is 14.4. The molecule has 1 N–H and O–H groups in total. The van der Waals surface area contributed by atoms with Gasteiger partial charge in [-0.15, -0.1) is 11.8 Å². The van der Waals surface area contributed by atoms with Crippen LogP contribution >= 0.6 is 11.8 Å². The van der Waals surface area contributed by atoms with E-state index in [4.69, 9.17) is 9.47 Å². The molecule has 0 bridgehead atoms. The van der Waals surface area contributed by atoms with E-state index in [1.54, 1.807) is 30.7 Å². The average Bonchev–Trinajstić information content (AvgIpc) is 2.92. The van der Waals surface area contributed by atoms with E-state index in [0.717, 1.165) is 28.2 Å². The predicted molar refractivity (Wildman–Crippen MR) is 116 cm³/mol. The third-order valence-electron chi connectivity index (χ3n) is 4.88. The summed E-state index contributed by atoms with van der Waals surface area (Å²) >= 11 is 1.55. The summed E-state index contributed by atoms with van der Waals surface area (Å²) < 4.78 is 12.5. The van der Waals surface area contributed by atoms with Crippen LogP contribution in [0.25, 0.3) is 5.95 Å². The number of nitrogens with one attached hydrogen (secondary N) is 1. The first kappa shape index (κ1) is 20.2. The number of methoxy groups -OCH3 is 2. The second-order valence-electron chi connectivity index (χ2n) is 7.06. The highest BCUT2D eigenvalue weighted by molar-refractivity contribution is 8.00. The Bertz CT molecular complexity index is 1110. The lowest BCUT2D eigenvalue weighted by atomic mass is 10.0. The minimum absolute atomic E-state index is 0.0882. The summed E-state index contributed by atoms with van der Waals surface area (Å²) in [5.74, 6) is 2.58. The number of nitrogens with zero attached hydrogens (tertiary/aromatic N) is 4. The molecule has 4 rings (SSSR count). The van der Waals surface area contributed by atoms with E-state index < -0.39 is 0 Å². The zero-order chi connectivity index (χ0) is 21.4. The van der Waals surface area contributed by atoms with Crippen molar-refractivity contribution in [2.24, 2.45) is 0 Å². The number of fused-ring (bicyclic) bond motifs is 1. The summed E-state index contributed by atoms with van der Waals surface area (Å²) in [5, 5.41) is 7.57. The van der Waals surface area contributed by atoms with Crippen molar-refractivity contribution < 1.29 is 14.3 Å². The maximum absolute atomic E-state index is 12.5. The van der Waals surface area contributed by atoms with Gasteiger partial charge in [0.25, 0.3) is 5.95 Å². The molecule has 156 valence electrons. The van der Waals surface area contributed by atoms with Crippen molar-refractivity contribution in [3.63, 3.8) is 0 Å². The van der Waals surface area contributed by atoms with Crippen molar-refractivity contribution in [3.05, 3.63) is 52.5 Å². The van der Waals surface area contributed by atoms with Gasteiger partial charge in [-0.25, -0.2) is 9.97 Å². The number of amides is 1. The Morgan fingerprint density at radius 3 is 2.43 bits per heavy atom. The number of aromatic nitrogens is 4. The molecule has 1 atom stereocenters. The highest BCUT2D eigenvalue weighted by Crippen LogP contribution is 2.45. The van der Waals surface area contributed by atoms with Crippen LogP contribution < -0.4 is 14.8 Å². The molecule has 30 heavy (non-hydrogen) atoms. The lowest BCUT2D eigenvalue weighted by Crippen LogP contribution is -2.17. The number of hydrogen-bond acceptors (Lipinski definition) is 7. The van der Waals surface area contributed by atoms with Gasteiger partial charge >= 0.3 is 0 Å². The van der Waals surface area contributed by atoms with Crippen LogP contribution in [0.4, 0.5) is 5.82 Å². The number of thioether (sulfide) groups is 1. The molecule has 0 unspecified atom stereocenters. The number of carbonyl (C=O) groups is 1. The molecule has 3 aromatic rings. The fourth-order valence-corrected chi connectivity index (χ4v) is 4.79. The second-order valence-corrected chi connectivity index (χ2v) is 8.16. The van der Waals surface area contributed by atoms with E-state index in [1.165, 1.54) is 0 Å². The Kier molecular flexibility index (Phi) is 5.38. The fourth-order valence-electron chi connectivity index (χ4n) is 3.61. The van der Waals surface area contributed by atoms with Gasteiger partial charge < -0.3 is 14.8 Å². The van der Waals surface area contributed by atoms with E-state index >= 15 is 0 Å². The molecule has 0 saturated carbocycles. The molecule has 1 aliphatic heterocycles. The van der Waals surface area contributed by atoms with Crippen molar-refractivity contribution in [2.45, 2.75) is 26.0 Å². The summed E-state index contributed by atoms with van der Waals surface area (Å²) in [5.41, 5.74) is 4.41. The van der Waals surface area contributed by atoms with E-state index in [-0.39, 0.29) is 11.2 Å². The Morgan fingerprint density at radius 2 is 1.77 bits per heavy atom. The van der Waals surface area contributed by atoms with Crippen molar-refractivity contribution in [1.82, 2.24) is 19.7 Å². The molecule has 0 radical (unpaired) electrons. The molecule has 8 nitrogen and oxygen atoms in total. The summed E-state index contributed by atoms with van der Waals surface area (Å²) in [7, 11) is 3.22. The minimum Gasteiger partial charge on any atom is -0.493 e. The van der Waals surface area contributed by atoms with Crippen LogP contribution in [0.3, 0.4) is 0 Å². The standard InChI is InChI=1S/C21H23N5O3S/c1-11-8-12(2)23-21(22-11)26-20-18(13(3)25-26)19(30-10-17(27)24-20)14-6-7-15(28-4)16(9-14)29-5/h6-9,19H,10H2,1-5H3,(H,24,27)/t19-/m1/s1. The molecule has 2 aromatic heterocycles. The zero-order valence-electron chi connectivity index (χ0n) is 17.5. The lowest BCUT2D eigenvalue weighted by molar-refractivity contribution is -0.113. The first-order valence-electron chi connectivity index (χ1n) is 9.46. The lowest BCUT2D eigenvalue weighted by Gasteiger charge is -2.17. The molecule has 1 aromatic carbocycles. The number of anilines is 1. The van der Waals surface area contributed by atoms with Crippen molar-refractivity contribution in [3.8, 4) is 17.4 Å². The van der Waals surface area contributed by atoms with E-state index in [1.807, 2.05) is 45.0 Å². The molecule has 0 saturated heterocycles. The number of benzene rings is 1. The topological polar surface area (TPSA) is 91.2 Å². The van der Waals surface area contributed by atoms with Crippen molar-refractivity contribution in [1.29, 1.82) is 0 Å².